The molecule has 0 aliphatic heterocycles. The molecule has 0 radical (unpaired) electrons. The number of benzene rings is 1. The zero-order valence-electron chi connectivity index (χ0n) is 12.1. The molecule has 1 atom stereocenters. The highest BCUT2D eigenvalue weighted by Crippen LogP contribution is 2.15. The van der Waals surface area contributed by atoms with Crippen molar-refractivity contribution in [3.8, 4) is 0 Å². The predicted octanol–water partition coefficient (Wildman–Crippen LogP) is 2.45. The molecule has 1 aromatic rings. The largest absolute Gasteiger partial charge is 0.358 e. The summed E-state index contributed by atoms with van der Waals surface area (Å²) in [6.45, 7) is 9.39. The van der Waals surface area contributed by atoms with E-state index in [1.165, 1.54) is 5.56 Å². The molecule has 1 aromatic carbocycles. The van der Waals surface area contributed by atoms with Crippen LogP contribution >= 0.6 is 0 Å². The van der Waals surface area contributed by atoms with E-state index in [2.05, 4.69) is 42.8 Å². The Morgan fingerprint density at radius 2 is 2.00 bits per heavy atom. The number of likely N-dealkylation sites (N-methyl/N-ethyl adjacent to an activating group) is 1. The van der Waals surface area contributed by atoms with E-state index >= 15 is 0 Å². The van der Waals surface area contributed by atoms with Crippen LogP contribution in [0.1, 0.15) is 19.4 Å². The second-order valence-electron chi connectivity index (χ2n) is 5.01. The number of hydrogen-bond acceptors (Lipinski definition) is 2. The number of rotatable bonds is 7. The summed E-state index contributed by atoms with van der Waals surface area (Å²) < 4.78 is 0. The van der Waals surface area contributed by atoms with Crippen LogP contribution in [0.15, 0.2) is 43.0 Å². The van der Waals surface area contributed by atoms with Crippen LogP contribution in [0.4, 0.5) is 0 Å². The molecule has 3 heteroatoms. The van der Waals surface area contributed by atoms with Gasteiger partial charge in [-0.05, 0) is 11.5 Å². The van der Waals surface area contributed by atoms with Crippen LogP contribution in [0.5, 0.6) is 0 Å². The van der Waals surface area contributed by atoms with Crippen molar-refractivity contribution >= 4 is 5.91 Å². The zero-order chi connectivity index (χ0) is 14.3. The second-order valence-corrected chi connectivity index (χ2v) is 5.01. The SMILES string of the molecule is C=CCN(Cc1ccccc1)C(C(=O)NC)C(C)C. The van der Waals surface area contributed by atoms with E-state index in [4.69, 9.17) is 0 Å². The molecular formula is C16H24N2O. The summed E-state index contributed by atoms with van der Waals surface area (Å²) in [7, 11) is 1.69. The van der Waals surface area contributed by atoms with E-state index in [1.54, 1.807) is 7.05 Å². The first-order chi connectivity index (χ1) is 9.10. The number of carbonyl (C=O) groups excluding carboxylic acids is 1. The summed E-state index contributed by atoms with van der Waals surface area (Å²) in [6, 6.07) is 10.1. The van der Waals surface area contributed by atoms with E-state index in [9.17, 15) is 4.79 Å². The fraction of sp³-hybridized carbons (Fsp3) is 0.438. The first-order valence-electron chi connectivity index (χ1n) is 6.70. The first-order valence-corrected chi connectivity index (χ1v) is 6.70. The molecule has 1 unspecified atom stereocenters. The quantitative estimate of drug-likeness (QED) is 0.764. The van der Waals surface area contributed by atoms with Crippen LogP contribution in [0.25, 0.3) is 0 Å². The maximum absolute atomic E-state index is 12.1. The molecule has 0 aliphatic carbocycles. The summed E-state index contributed by atoms with van der Waals surface area (Å²) >= 11 is 0. The minimum absolute atomic E-state index is 0.0628. The Morgan fingerprint density at radius 3 is 2.47 bits per heavy atom. The highest BCUT2D eigenvalue weighted by atomic mass is 16.2. The van der Waals surface area contributed by atoms with Gasteiger partial charge in [0.2, 0.25) is 5.91 Å². The third-order valence-corrected chi connectivity index (χ3v) is 3.13. The lowest BCUT2D eigenvalue weighted by atomic mass is 10.0. The van der Waals surface area contributed by atoms with Gasteiger partial charge < -0.3 is 5.32 Å². The standard InChI is InChI=1S/C16H24N2O/c1-5-11-18(12-14-9-7-6-8-10-14)15(13(2)3)16(19)17-4/h5-10,13,15H,1,11-12H2,2-4H3,(H,17,19). The van der Waals surface area contributed by atoms with Gasteiger partial charge in [-0.3, -0.25) is 9.69 Å². The van der Waals surface area contributed by atoms with Crippen molar-refractivity contribution in [2.75, 3.05) is 13.6 Å². The lowest BCUT2D eigenvalue weighted by Gasteiger charge is -2.32. The summed E-state index contributed by atoms with van der Waals surface area (Å²) in [4.78, 5) is 14.2. The third kappa shape index (κ3) is 4.52. The maximum atomic E-state index is 12.1. The molecule has 104 valence electrons. The van der Waals surface area contributed by atoms with Crippen LogP contribution in [0.2, 0.25) is 0 Å². The summed E-state index contributed by atoms with van der Waals surface area (Å²) in [6.07, 6.45) is 1.85. The van der Waals surface area contributed by atoms with Crippen molar-refractivity contribution in [2.24, 2.45) is 5.92 Å². The number of hydrogen-bond donors (Lipinski definition) is 1. The zero-order valence-corrected chi connectivity index (χ0v) is 12.1. The molecule has 0 aromatic heterocycles. The van der Waals surface area contributed by atoms with Gasteiger partial charge in [0.15, 0.2) is 0 Å². The van der Waals surface area contributed by atoms with Gasteiger partial charge in [0.25, 0.3) is 0 Å². The molecule has 0 spiro atoms. The first kappa shape index (κ1) is 15.4. The Kier molecular flexibility index (Phi) is 6.30. The van der Waals surface area contributed by atoms with Gasteiger partial charge in [-0.25, -0.2) is 0 Å². The van der Waals surface area contributed by atoms with E-state index in [-0.39, 0.29) is 17.9 Å². The Balaban J connectivity index is 2.90. The molecule has 0 saturated carbocycles. The van der Waals surface area contributed by atoms with Crippen molar-refractivity contribution in [3.05, 3.63) is 48.6 Å². The topological polar surface area (TPSA) is 32.3 Å². The number of nitrogens with zero attached hydrogens (tertiary/aromatic N) is 1. The molecule has 3 nitrogen and oxygen atoms in total. The van der Waals surface area contributed by atoms with Gasteiger partial charge >= 0.3 is 0 Å². The summed E-state index contributed by atoms with van der Waals surface area (Å²) in [5.41, 5.74) is 1.21. The molecule has 1 rings (SSSR count). The monoisotopic (exact) mass is 260 g/mol. The highest BCUT2D eigenvalue weighted by molar-refractivity contribution is 5.81. The van der Waals surface area contributed by atoms with Gasteiger partial charge in [-0.15, -0.1) is 6.58 Å². The predicted molar refractivity (Wildman–Crippen MR) is 79.7 cm³/mol. The smallest absolute Gasteiger partial charge is 0.237 e. The molecule has 0 aliphatic rings. The molecule has 19 heavy (non-hydrogen) atoms. The molecule has 0 fully saturated rings. The fourth-order valence-corrected chi connectivity index (χ4v) is 2.30. The van der Waals surface area contributed by atoms with Crippen LogP contribution in [0.3, 0.4) is 0 Å². The lowest BCUT2D eigenvalue weighted by molar-refractivity contribution is -0.127. The summed E-state index contributed by atoms with van der Waals surface area (Å²) in [5, 5.41) is 2.76. The molecule has 1 amide bonds. The van der Waals surface area contributed by atoms with Crippen LogP contribution in [-0.4, -0.2) is 30.4 Å². The lowest BCUT2D eigenvalue weighted by Crippen LogP contribution is -2.48. The Hall–Kier alpha value is -1.61. The van der Waals surface area contributed by atoms with Crippen molar-refractivity contribution in [2.45, 2.75) is 26.4 Å². The van der Waals surface area contributed by atoms with Gasteiger partial charge in [-0.1, -0.05) is 50.3 Å². The second kappa shape index (κ2) is 7.74. The van der Waals surface area contributed by atoms with E-state index in [0.717, 1.165) is 6.54 Å². The number of amides is 1. The minimum atomic E-state index is -0.136. The fourth-order valence-electron chi connectivity index (χ4n) is 2.30. The maximum Gasteiger partial charge on any atom is 0.237 e. The Labute approximate surface area is 116 Å². The highest BCUT2D eigenvalue weighted by Gasteiger charge is 2.27. The van der Waals surface area contributed by atoms with Gasteiger partial charge in [0.1, 0.15) is 0 Å². The van der Waals surface area contributed by atoms with Crippen molar-refractivity contribution in [3.63, 3.8) is 0 Å². The Morgan fingerprint density at radius 1 is 1.37 bits per heavy atom. The van der Waals surface area contributed by atoms with Crippen LogP contribution in [0, 0.1) is 5.92 Å². The van der Waals surface area contributed by atoms with Gasteiger partial charge in [0.05, 0.1) is 6.04 Å². The van der Waals surface area contributed by atoms with E-state index in [1.807, 2.05) is 24.3 Å². The molecule has 0 bridgehead atoms. The average molecular weight is 260 g/mol. The number of carbonyl (C=O) groups is 1. The van der Waals surface area contributed by atoms with Crippen molar-refractivity contribution in [1.29, 1.82) is 0 Å². The molecule has 1 N–H and O–H groups in total. The number of nitrogens with one attached hydrogen (secondary N) is 1. The normalized spacial score (nSPS) is 12.5. The van der Waals surface area contributed by atoms with Crippen LogP contribution in [-0.2, 0) is 11.3 Å². The molecule has 0 heterocycles. The third-order valence-electron chi connectivity index (χ3n) is 3.13. The van der Waals surface area contributed by atoms with Crippen molar-refractivity contribution < 1.29 is 4.79 Å². The van der Waals surface area contributed by atoms with Gasteiger partial charge in [0, 0.05) is 20.1 Å². The van der Waals surface area contributed by atoms with Crippen molar-refractivity contribution in [1.82, 2.24) is 10.2 Å². The molecular weight excluding hydrogens is 236 g/mol. The van der Waals surface area contributed by atoms with Gasteiger partial charge in [-0.2, -0.15) is 0 Å². The Bertz CT molecular complexity index is 400. The summed E-state index contributed by atoms with van der Waals surface area (Å²) in [5.74, 6) is 0.316. The van der Waals surface area contributed by atoms with Crippen LogP contribution < -0.4 is 5.32 Å². The van der Waals surface area contributed by atoms with E-state index < -0.39 is 0 Å². The average Bonchev–Trinajstić information content (AvgIpc) is 2.39. The minimum Gasteiger partial charge on any atom is -0.358 e. The van der Waals surface area contributed by atoms with E-state index in [0.29, 0.717) is 6.54 Å². The molecule has 0 saturated heterocycles.